The first-order valence-electron chi connectivity index (χ1n) is 4.54. The summed E-state index contributed by atoms with van der Waals surface area (Å²) in [6.07, 6.45) is -4.46. The Morgan fingerprint density at radius 3 is 2.53 bits per heavy atom. The maximum Gasteiger partial charge on any atom is 0.419 e. The molecule has 0 saturated heterocycles. The first-order chi connectivity index (χ1) is 7.93. The summed E-state index contributed by atoms with van der Waals surface area (Å²) in [5, 5.41) is 8.50. The van der Waals surface area contributed by atoms with Crippen LogP contribution in [0.15, 0.2) is 12.1 Å². The molecule has 0 amide bonds. The van der Waals surface area contributed by atoms with E-state index in [9.17, 15) is 18.0 Å². The Kier molecular flexibility index (Phi) is 3.73. The number of nitrogens with zero attached hydrogens (tertiary/aromatic N) is 1. The SMILES string of the molecule is COc1cc(CC#N)c(C=O)cc1C(F)(F)F. The molecule has 1 rings (SSSR count). The van der Waals surface area contributed by atoms with Crippen molar-refractivity contribution in [2.24, 2.45) is 0 Å². The third kappa shape index (κ3) is 2.75. The van der Waals surface area contributed by atoms with Crippen LogP contribution < -0.4 is 4.74 Å². The van der Waals surface area contributed by atoms with Crippen LogP contribution in [0, 0.1) is 11.3 Å². The first-order valence-corrected chi connectivity index (χ1v) is 4.54. The molecule has 0 saturated carbocycles. The van der Waals surface area contributed by atoms with E-state index < -0.39 is 17.5 Å². The summed E-state index contributed by atoms with van der Waals surface area (Å²) in [4.78, 5) is 10.7. The molecule has 0 unspecified atom stereocenters. The van der Waals surface area contributed by atoms with E-state index in [0.717, 1.165) is 13.2 Å². The second kappa shape index (κ2) is 4.87. The topological polar surface area (TPSA) is 50.1 Å². The minimum Gasteiger partial charge on any atom is -0.496 e. The largest absolute Gasteiger partial charge is 0.496 e. The van der Waals surface area contributed by atoms with Crippen LogP contribution in [0.4, 0.5) is 13.2 Å². The molecule has 0 aromatic heterocycles. The lowest BCUT2D eigenvalue weighted by Gasteiger charge is -2.14. The van der Waals surface area contributed by atoms with Crippen molar-refractivity contribution in [2.75, 3.05) is 7.11 Å². The quantitative estimate of drug-likeness (QED) is 0.766. The summed E-state index contributed by atoms with van der Waals surface area (Å²) in [6, 6.07) is 3.53. The van der Waals surface area contributed by atoms with E-state index >= 15 is 0 Å². The van der Waals surface area contributed by atoms with E-state index in [1.807, 2.05) is 0 Å². The number of aldehydes is 1. The van der Waals surface area contributed by atoms with Gasteiger partial charge in [0.05, 0.1) is 25.2 Å². The number of rotatable bonds is 3. The molecule has 0 aliphatic carbocycles. The van der Waals surface area contributed by atoms with Crippen LogP contribution >= 0.6 is 0 Å². The number of methoxy groups -OCH3 is 1. The molecule has 0 spiro atoms. The number of nitriles is 1. The maximum atomic E-state index is 12.6. The zero-order valence-electron chi connectivity index (χ0n) is 8.84. The minimum absolute atomic E-state index is 0.150. The van der Waals surface area contributed by atoms with Crippen LogP contribution in [0.25, 0.3) is 0 Å². The van der Waals surface area contributed by atoms with Crippen molar-refractivity contribution in [1.29, 1.82) is 5.26 Å². The Balaban J connectivity index is 3.44. The van der Waals surface area contributed by atoms with Gasteiger partial charge in [-0.3, -0.25) is 4.79 Å². The van der Waals surface area contributed by atoms with Crippen LogP contribution in [-0.2, 0) is 12.6 Å². The van der Waals surface area contributed by atoms with E-state index in [-0.39, 0.29) is 17.5 Å². The monoisotopic (exact) mass is 243 g/mol. The van der Waals surface area contributed by atoms with Gasteiger partial charge in [-0.25, -0.2) is 0 Å². The summed E-state index contributed by atoms with van der Waals surface area (Å²) < 4.78 is 42.4. The van der Waals surface area contributed by atoms with Crippen LogP contribution in [0.2, 0.25) is 0 Å². The van der Waals surface area contributed by atoms with Crippen molar-refractivity contribution >= 4 is 6.29 Å². The standard InChI is InChI=1S/C11H8F3NO2/c1-17-10-5-7(2-3-15)8(6-16)4-9(10)11(12,13)14/h4-6H,2H2,1H3. The highest BCUT2D eigenvalue weighted by atomic mass is 19.4. The molecule has 0 atom stereocenters. The van der Waals surface area contributed by atoms with Crippen LogP contribution in [0.3, 0.4) is 0 Å². The first kappa shape index (κ1) is 13.0. The molecule has 0 fully saturated rings. The molecule has 3 nitrogen and oxygen atoms in total. The summed E-state index contributed by atoms with van der Waals surface area (Å²) in [5.74, 6) is -0.395. The van der Waals surface area contributed by atoms with Gasteiger partial charge in [-0.05, 0) is 17.7 Å². The molecule has 1 aromatic carbocycles. The Morgan fingerprint density at radius 2 is 2.12 bits per heavy atom. The van der Waals surface area contributed by atoms with Gasteiger partial charge in [0, 0.05) is 5.56 Å². The third-order valence-electron chi connectivity index (χ3n) is 2.16. The molecule has 0 heterocycles. The number of carbonyl (C=O) groups is 1. The second-order valence-electron chi connectivity index (χ2n) is 3.20. The van der Waals surface area contributed by atoms with Crippen molar-refractivity contribution in [3.05, 3.63) is 28.8 Å². The Morgan fingerprint density at radius 1 is 1.47 bits per heavy atom. The van der Waals surface area contributed by atoms with Crippen molar-refractivity contribution in [2.45, 2.75) is 12.6 Å². The molecule has 0 aliphatic heterocycles. The van der Waals surface area contributed by atoms with Gasteiger partial charge in [-0.1, -0.05) is 0 Å². The summed E-state index contributed by atoms with van der Waals surface area (Å²) in [7, 11) is 1.10. The number of benzene rings is 1. The van der Waals surface area contributed by atoms with E-state index in [4.69, 9.17) is 5.26 Å². The summed E-state index contributed by atoms with van der Waals surface area (Å²) in [6.45, 7) is 0. The second-order valence-corrected chi connectivity index (χ2v) is 3.20. The number of hydrogen-bond donors (Lipinski definition) is 0. The fraction of sp³-hybridized carbons (Fsp3) is 0.273. The number of ether oxygens (including phenoxy) is 1. The lowest BCUT2D eigenvalue weighted by Crippen LogP contribution is -2.09. The van der Waals surface area contributed by atoms with Gasteiger partial charge in [0.25, 0.3) is 0 Å². The van der Waals surface area contributed by atoms with E-state index in [2.05, 4.69) is 4.74 Å². The molecular formula is C11H8F3NO2. The highest BCUT2D eigenvalue weighted by Gasteiger charge is 2.35. The maximum absolute atomic E-state index is 12.6. The molecule has 0 radical (unpaired) electrons. The highest BCUT2D eigenvalue weighted by Crippen LogP contribution is 2.37. The van der Waals surface area contributed by atoms with Gasteiger partial charge in [0.2, 0.25) is 0 Å². The number of alkyl halides is 3. The van der Waals surface area contributed by atoms with Gasteiger partial charge in [-0.2, -0.15) is 18.4 Å². The molecule has 0 bridgehead atoms. The van der Waals surface area contributed by atoms with Crippen molar-refractivity contribution in [3.63, 3.8) is 0 Å². The molecule has 0 aliphatic rings. The highest BCUT2D eigenvalue weighted by molar-refractivity contribution is 5.78. The lowest BCUT2D eigenvalue weighted by atomic mass is 10.0. The van der Waals surface area contributed by atoms with Gasteiger partial charge in [0.1, 0.15) is 12.0 Å². The molecule has 6 heteroatoms. The van der Waals surface area contributed by atoms with Crippen molar-refractivity contribution in [1.82, 2.24) is 0 Å². The zero-order chi connectivity index (χ0) is 13.1. The number of hydrogen-bond acceptors (Lipinski definition) is 3. The smallest absolute Gasteiger partial charge is 0.419 e. The van der Waals surface area contributed by atoms with E-state index in [1.54, 1.807) is 6.07 Å². The van der Waals surface area contributed by atoms with Gasteiger partial charge in [-0.15, -0.1) is 0 Å². The number of halogens is 3. The average molecular weight is 243 g/mol. The van der Waals surface area contributed by atoms with Crippen LogP contribution in [-0.4, -0.2) is 13.4 Å². The van der Waals surface area contributed by atoms with E-state index in [1.165, 1.54) is 0 Å². The molecular weight excluding hydrogens is 235 g/mol. The Labute approximate surface area is 95.4 Å². The average Bonchev–Trinajstić information content (AvgIpc) is 2.27. The third-order valence-corrected chi connectivity index (χ3v) is 2.16. The van der Waals surface area contributed by atoms with Gasteiger partial charge >= 0.3 is 6.18 Å². The number of carbonyl (C=O) groups excluding carboxylic acids is 1. The molecule has 17 heavy (non-hydrogen) atoms. The predicted octanol–water partition coefficient (Wildman–Crippen LogP) is 2.59. The van der Waals surface area contributed by atoms with Crippen molar-refractivity contribution in [3.8, 4) is 11.8 Å². The minimum atomic E-state index is -4.60. The zero-order valence-corrected chi connectivity index (χ0v) is 8.84. The van der Waals surface area contributed by atoms with Crippen LogP contribution in [0.1, 0.15) is 21.5 Å². The van der Waals surface area contributed by atoms with Gasteiger partial charge < -0.3 is 4.74 Å². The van der Waals surface area contributed by atoms with Crippen molar-refractivity contribution < 1.29 is 22.7 Å². The predicted molar refractivity (Wildman–Crippen MR) is 52.7 cm³/mol. The Hall–Kier alpha value is -2.03. The Bertz CT molecular complexity index is 475. The van der Waals surface area contributed by atoms with Crippen LogP contribution in [0.5, 0.6) is 5.75 Å². The molecule has 0 N–H and O–H groups in total. The normalized spacial score (nSPS) is 10.8. The van der Waals surface area contributed by atoms with E-state index in [0.29, 0.717) is 12.4 Å². The van der Waals surface area contributed by atoms with Gasteiger partial charge in [0.15, 0.2) is 0 Å². The lowest BCUT2D eigenvalue weighted by molar-refractivity contribution is -0.138. The fourth-order valence-corrected chi connectivity index (χ4v) is 1.38. The fourth-order valence-electron chi connectivity index (χ4n) is 1.38. The summed E-state index contributed by atoms with van der Waals surface area (Å²) >= 11 is 0. The molecule has 90 valence electrons. The molecule has 1 aromatic rings. The summed E-state index contributed by atoms with van der Waals surface area (Å²) in [5.41, 5.74) is -0.962.